The van der Waals surface area contributed by atoms with E-state index in [-0.39, 0.29) is 40.5 Å². The lowest BCUT2D eigenvalue weighted by atomic mass is 9.93. The van der Waals surface area contributed by atoms with Gasteiger partial charge in [0.15, 0.2) is 0 Å². The first-order valence-electron chi connectivity index (χ1n) is 11.0. The molecule has 1 aliphatic rings. The second-order valence-electron chi connectivity index (χ2n) is 8.67. The average molecular weight is 494 g/mol. The van der Waals surface area contributed by atoms with Crippen LogP contribution < -0.4 is 0 Å². The van der Waals surface area contributed by atoms with Gasteiger partial charge in [-0.2, -0.15) is 13.2 Å². The van der Waals surface area contributed by atoms with Crippen LogP contribution in [-0.4, -0.2) is 12.8 Å². The molecule has 0 saturated carbocycles. The summed E-state index contributed by atoms with van der Waals surface area (Å²) in [5.41, 5.74) is -0.206. The highest BCUT2D eigenvalue weighted by molar-refractivity contribution is 5.72. The zero-order valence-electron chi connectivity index (χ0n) is 18.6. The maximum Gasteiger partial charge on any atom is 0.409 e. The third-order valence-electron chi connectivity index (χ3n) is 5.98. The summed E-state index contributed by atoms with van der Waals surface area (Å²) in [6.07, 6.45) is -3.20. The fraction of sp³-hybridized carbons (Fsp3) is 0.259. The molecule has 0 radical (unpaired) electrons. The maximum absolute atomic E-state index is 14.9. The number of allylic oxidation sites excluding steroid dienone is 1. The summed E-state index contributed by atoms with van der Waals surface area (Å²) in [5.74, 6) is -3.52. The highest BCUT2D eigenvalue weighted by Crippen LogP contribution is 2.35. The van der Waals surface area contributed by atoms with Gasteiger partial charge in [0.2, 0.25) is 0 Å². The van der Waals surface area contributed by atoms with Gasteiger partial charge in [-0.3, -0.25) is 0 Å². The van der Waals surface area contributed by atoms with Crippen molar-refractivity contribution in [2.45, 2.75) is 32.0 Å². The first-order chi connectivity index (χ1) is 16.5. The largest absolute Gasteiger partial charge is 0.409 e. The van der Waals surface area contributed by atoms with E-state index in [1.165, 1.54) is 24.3 Å². The lowest BCUT2D eigenvalue weighted by molar-refractivity contribution is -0.0790. The summed E-state index contributed by atoms with van der Waals surface area (Å²) in [6.45, 7) is 2.68. The minimum Gasteiger partial charge on any atom is -0.373 e. The fourth-order valence-corrected chi connectivity index (χ4v) is 4.11. The van der Waals surface area contributed by atoms with Gasteiger partial charge >= 0.3 is 6.18 Å². The number of halogens is 7. The van der Waals surface area contributed by atoms with E-state index in [9.17, 15) is 30.7 Å². The maximum atomic E-state index is 14.9. The molecule has 1 nitrogen and oxygen atoms in total. The molecule has 0 spiro atoms. The van der Waals surface area contributed by atoms with E-state index in [1.807, 2.05) is 0 Å². The van der Waals surface area contributed by atoms with Crippen LogP contribution in [-0.2, 0) is 4.74 Å². The first-order valence-corrected chi connectivity index (χ1v) is 11.0. The SMILES string of the molecule is CC1CCC(c2ccc(-c3ccc(-c4cc(F)c(/C=C/C(F)(F)F)c(F)c4)c(F)c3)c(F)c2)OC1. The monoisotopic (exact) mass is 494 g/mol. The van der Waals surface area contributed by atoms with E-state index in [0.717, 1.165) is 31.0 Å². The minimum atomic E-state index is -4.74. The van der Waals surface area contributed by atoms with Crippen LogP contribution in [0.5, 0.6) is 0 Å². The van der Waals surface area contributed by atoms with Gasteiger partial charge in [0.05, 0.1) is 6.10 Å². The topological polar surface area (TPSA) is 9.23 Å². The van der Waals surface area contributed by atoms with Crippen LogP contribution in [0.15, 0.2) is 54.6 Å². The molecule has 2 unspecified atom stereocenters. The molecule has 35 heavy (non-hydrogen) atoms. The predicted octanol–water partition coefficient (Wildman–Crippen LogP) is 8.64. The average Bonchev–Trinajstić information content (AvgIpc) is 2.78. The number of hydrogen-bond donors (Lipinski definition) is 0. The second kappa shape index (κ2) is 9.85. The Labute approximate surface area is 197 Å². The van der Waals surface area contributed by atoms with Gasteiger partial charge in [-0.05, 0) is 65.8 Å². The Morgan fingerprint density at radius 2 is 1.37 bits per heavy atom. The van der Waals surface area contributed by atoms with Crippen molar-refractivity contribution >= 4 is 6.08 Å². The van der Waals surface area contributed by atoms with Gasteiger partial charge in [0, 0.05) is 29.4 Å². The Morgan fingerprint density at radius 1 is 0.771 bits per heavy atom. The third-order valence-corrected chi connectivity index (χ3v) is 5.98. The van der Waals surface area contributed by atoms with Crippen LogP contribution in [0.4, 0.5) is 30.7 Å². The van der Waals surface area contributed by atoms with Crippen molar-refractivity contribution in [3.63, 3.8) is 0 Å². The molecule has 184 valence electrons. The lowest BCUT2D eigenvalue weighted by Gasteiger charge is -2.27. The molecule has 0 aromatic heterocycles. The Kier molecular flexibility index (Phi) is 7.03. The smallest absolute Gasteiger partial charge is 0.373 e. The first kappa shape index (κ1) is 25.0. The van der Waals surface area contributed by atoms with Crippen LogP contribution in [0.2, 0.25) is 0 Å². The summed E-state index contributed by atoms with van der Waals surface area (Å²) >= 11 is 0. The Hall–Kier alpha value is -3.13. The van der Waals surface area contributed by atoms with Crippen molar-refractivity contribution in [1.29, 1.82) is 0 Å². The number of hydrogen-bond acceptors (Lipinski definition) is 1. The van der Waals surface area contributed by atoms with Crippen LogP contribution in [0.3, 0.4) is 0 Å². The summed E-state index contributed by atoms with van der Waals surface area (Å²) in [4.78, 5) is 0. The Balaban J connectivity index is 1.60. The Morgan fingerprint density at radius 3 is 1.94 bits per heavy atom. The summed E-state index contributed by atoms with van der Waals surface area (Å²) in [7, 11) is 0. The van der Waals surface area contributed by atoms with E-state index >= 15 is 0 Å². The predicted molar refractivity (Wildman–Crippen MR) is 119 cm³/mol. The molecule has 4 rings (SSSR count). The fourth-order valence-electron chi connectivity index (χ4n) is 4.11. The van der Waals surface area contributed by atoms with Crippen molar-refractivity contribution in [2.24, 2.45) is 5.92 Å². The molecule has 2 atom stereocenters. The lowest BCUT2D eigenvalue weighted by Crippen LogP contribution is -2.18. The number of benzene rings is 3. The summed E-state index contributed by atoms with van der Waals surface area (Å²) < 4.78 is 101. The highest BCUT2D eigenvalue weighted by atomic mass is 19.4. The van der Waals surface area contributed by atoms with Gasteiger partial charge in [0.25, 0.3) is 0 Å². The zero-order valence-corrected chi connectivity index (χ0v) is 18.6. The van der Waals surface area contributed by atoms with Crippen molar-refractivity contribution in [1.82, 2.24) is 0 Å². The van der Waals surface area contributed by atoms with Crippen LogP contribution in [0.1, 0.15) is 37.0 Å². The molecule has 3 aromatic carbocycles. The number of rotatable bonds is 4. The summed E-state index contributed by atoms with van der Waals surface area (Å²) in [5, 5.41) is 0. The van der Waals surface area contributed by atoms with Gasteiger partial charge in [-0.15, -0.1) is 0 Å². The van der Waals surface area contributed by atoms with Crippen LogP contribution >= 0.6 is 0 Å². The zero-order chi connectivity index (χ0) is 25.3. The molecule has 3 aromatic rings. The number of alkyl halides is 3. The van der Waals surface area contributed by atoms with Gasteiger partial charge in [-0.25, -0.2) is 17.6 Å². The van der Waals surface area contributed by atoms with Crippen molar-refractivity contribution in [3.05, 3.63) is 89.0 Å². The number of ether oxygens (including phenoxy) is 1. The molecule has 0 N–H and O–H groups in total. The second-order valence-corrected chi connectivity index (χ2v) is 8.67. The van der Waals surface area contributed by atoms with Crippen LogP contribution in [0.25, 0.3) is 28.3 Å². The molecule has 1 aliphatic heterocycles. The van der Waals surface area contributed by atoms with Gasteiger partial charge in [-0.1, -0.05) is 31.2 Å². The molecule has 0 bridgehead atoms. The highest BCUT2D eigenvalue weighted by Gasteiger charge is 2.24. The molecule has 1 fully saturated rings. The van der Waals surface area contributed by atoms with E-state index in [2.05, 4.69) is 6.92 Å². The third kappa shape index (κ3) is 5.75. The van der Waals surface area contributed by atoms with E-state index in [1.54, 1.807) is 6.07 Å². The van der Waals surface area contributed by atoms with Crippen molar-refractivity contribution in [3.8, 4) is 22.3 Å². The van der Waals surface area contributed by atoms with Crippen LogP contribution in [0, 0.1) is 29.2 Å². The van der Waals surface area contributed by atoms with E-state index in [0.29, 0.717) is 18.1 Å². The molecule has 8 heteroatoms. The van der Waals surface area contributed by atoms with E-state index < -0.39 is 35.0 Å². The molecular formula is C27H21F7O. The normalized spacial score (nSPS) is 18.9. The molecule has 1 saturated heterocycles. The molecule has 0 aliphatic carbocycles. The van der Waals surface area contributed by atoms with Gasteiger partial charge < -0.3 is 4.74 Å². The quantitative estimate of drug-likeness (QED) is 0.330. The van der Waals surface area contributed by atoms with E-state index in [4.69, 9.17) is 4.74 Å². The molecular weight excluding hydrogens is 473 g/mol. The summed E-state index contributed by atoms with van der Waals surface area (Å²) in [6, 6.07) is 9.80. The van der Waals surface area contributed by atoms with Crippen molar-refractivity contribution < 1.29 is 35.5 Å². The molecule has 1 heterocycles. The van der Waals surface area contributed by atoms with Crippen molar-refractivity contribution in [2.75, 3.05) is 6.61 Å². The Bertz CT molecular complexity index is 1230. The standard InChI is InChI=1S/C27H21F7O/c1-15-2-7-26(35-14-15)17-4-6-19(23(29)11-17)16-3-5-20(22(28)10-16)18-12-24(30)21(25(31)13-18)8-9-27(32,33)34/h3-6,8-13,15,26H,2,7,14H2,1H3/b9-8+. The van der Waals surface area contributed by atoms with Gasteiger partial charge in [0.1, 0.15) is 23.3 Å². The minimum absolute atomic E-state index is 0.147. The molecule has 0 amide bonds.